The van der Waals surface area contributed by atoms with Gasteiger partial charge in [-0.1, -0.05) is 48.9 Å². The standard InChI is InChI=1S/C24H35NO/c1-4-24(18-26)13-12-22(19(2)3)23(16-24)21-10-8-20(9-11-21)17-25-14-6-5-7-15-25/h4,8-11,22-23,26H,1-2,5-7,12-18H2,3H3/t22-,23-,24-/m0/s1. The lowest BCUT2D eigenvalue weighted by molar-refractivity contribution is 0.100. The summed E-state index contributed by atoms with van der Waals surface area (Å²) in [6, 6.07) is 9.25. The second-order valence-corrected chi connectivity index (χ2v) is 8.61. The Bertz CT molecular complexity index is 614. The summed E-state index contributed by atoms with van der Waals surface area (Å²) in [7, 11) is 0. The van der Waals surface area contributed by atoms with Crippen molar-refractivity contribution in [1.82, 2.24) is 4.90 Å². The predicted molar refractivity (Wildman–Crippen MR) is 110 cm³/mol. The second kappa shape index (κ2) is 8.54. The van der Waals surface area contributed by atoms with Crippen LogP contribution in [0, 0.1) is 11.3 Å². The summed E-state index contributed by atoms with van der Waals surface area (Å²) >= 11 is 0. The first kappa shape index (κ1) is 19.4. The summed E-state index contributed by atoms with van der Waals surface area (Å²) in [6.07, 6.45) is 9.11. The number of nitrogens with zero attached hydrogens (tertiary/aromatic N) is 1. The quantitative estimate of drug-likeness (QED) is 0.702. The van der Waals surface area contributed by atoms with E-state index in [1.165, 1.54) is 49.1 Å². The highest BCUT2D eigenvalue weighted by Crippen LogP contribution is 2.49. The molecule has 26 heavy (non-hydrogen) atoms. The van der Waals surface area contributed by atoms with Gasteiger partial charge in [-0.15, -0.1) is 6.58 Å². The van der Waals surface area contributed by atoms with Crippen LogP contribution < -0.4 is 0 Å². The normalized spacial score (nSPS) is 30.1. The molecule has 2 nitrogen and oxygen atoms in total. The van der Waals surface area contributed by atoms with E-state index in [-0.39, 0.29) is 12.0 Å². The van der Waals surface area contributed by atoms with Gasteiger partial charge in [0.05, 0.1) is 6.61 Å². The molecule has 1 heterocycles. The molecule has 0 spiro atoms. The molecule has 1 saturated carbocycles. The zero-order valence-electron chi connectivity index (χ0n) is 16.4. The van der Waals surface area contributed by atoms with Crippen molar-refractivity contribution in [1.29, 1.82) is 0 Å². The van der Waals surface area contributed by atoms with Crippen molar-refractivity contribution in [2.24, 2.45) is 11.3 Å². The maximum absolute atomic E-state index is 9.96. The number of allylic oxidation sites excluding steroid dienone is 1. The fourth-order valence-corrected chi connectivity index (χ4v) is 4.91. The van der Waals surface area contributed by atoms with Gasteiger partial charge in [-0.05, 0) is 75.1 Å². The average molecular weight is 354 g/mol. The first-order valence-electron chi connectivity index (χ1n) is 10.3. The van der Waals surface area contributed by atoms with Gasteiger partial charge in [-0.2, -0.15) is 0 Å². The third kappa shape index (κ3) is 4.29. The van der Waals surface area contributed by atoms with E-state index in [9.17, 15) is 5.11 Å². The van der Waals surface area contributed by atoms with E-state index in [0.717, 1.165) is 25.8 Å². The van der Waals surface area contributed by atoms with Gasteiger partial charge < -0.3 is 5.11 Å². The van der Waals surface area contributed by atoms with Crippen molar-refractivity contribution in [3.05, 3.63) is 60.2 Å². The Morgan fingerprint density at radius 2 is 1.92 bits per heavy atom. The molecule has 1 saturated heterocycles. The molecule has 1 N–H and O–H groups in total. The van der Waals surface area contributed by atoms with Gasteiger partial charge >= 0.3 is 0 Å². The zero-order valence-corrected chi connectivity index (χ0v) is 16.4. The van der Waals surface area contributed by atoms with Gasteiger partial charge in [-0.3, -0.25) is 4.90 Å². The van der Waals surface area contributed by atoms with Crippen molar-refractivity contribution in [2.45, 2.75) is 57.9 Å². The smallest absolute Gasteiger partial charge is 0.0522 e. The van der Waals surface area contributed by atoms with Crippen LogP contribution in [0.15, 0.2) is 49.1 Å². The SMILES string of the molecule is C=C[C@]1(CO)CC[C@@H](C(=C)C)[C@H](c2ccc(CN3CCCCC3)cc2)C1. The minimum atomic E-state index is -0.136. The Kier molecular flexibility index (Phi) is 6.37. The summed E-state index contributed by atoms with van der Waals surface area (Å²) in [5.74, 6) is 0.929. The lowest BCUT2D eigenvalue weighted by Gasteiger charge is -2.43. The molecule has 1 aromatic rings. The Labute approximate surface area is 159 Å². The molecule has 2 heteroatoms. The highest BCUT2D eigenvalue weighted by Gasteiger charge is 2.39. The van der Waals surface area contributed by atoms with Gasteiger partial charge in [-0.25, -0.2) is 0 Å². The molecule has 2 aliphatic rings. The van der Waals surface area contributed by atoms with E-state index in [2.05, 4.69) is 49.2 Å². The number of hydrogen-bond donors (Lipinski definition) is 1. The molecule has 1 aliphatic carbocycles. The monoisotopic (exact) mass is 353 g/mol. The van der Waals surface area contributed by atoms with Crippen LogP contribution in [0.1, 0.15) is 62.5 Å². The Morgan fingerprint density at radius 1 is 1.23 bits per heavy atom. The van der Waals surface area contributed by atoms with Gasteiger partial charge in [0.1, 0.15) is 0 Å². The number of aliphatic hydroxyl groups excluding tert-OH is 1. The van der Waals surface area contributed by atoms with Crippen LogP contribution >= 0.6 is 0 Å². The maximum atomic E-state index is 9.96. The minimum Gasteiger partial charge on any atom is -0.395 e. The molecule has 2 fully saturated rings. The van der Waals surface area contributed by atoms with E-state index in [4.69, 9.17) is 0 Å². The van der Waals surface area contributed by atoms with E-state index < -0.39 is 0 Å². The molecule has 0 aromatic heterocycles. The second-order valence-electron chi connectivity index (χ2n) is 8.61. The number of rotatable bonds is 6. The van der Waals surface area contributed by atoms with Crippen molar-refractivity contribution < 1.29 is 5.11 Å². The number of benzene rings is 1. The molecule has 0 amide bonds. The predicted octanol–water partition coefficient (Wildman–Crippen LogP) is 5.30. The zero-order chi connectivity index (χ0) is 18.6. The third-order valence-corrected chi connectivity index (χ3v) is 6.71. The van der Waals surface area contributed by atoms with E-state index in [1.54, 1.807) is 0 Å². The molecule has 0 unspecified atom stereocenters. The van der Waals surface area contributed by atoms with Crippen molar-refractivity contribution in [3.8, 4) is 0 Å². The summed E-state index contributed by atoms with van der Waals surface area (Å²) in [4.78, 5) is 2.57. The first-order chi connectivity index (χ1) is 12.6. The topological polar surface area (TPSA) is 23.5 Å². The summed E-state index contributed by atoms with van der Waals surface area (Å²) in [5, 5.41) is 9.96. The lowest BCUT2D eigenvalue weighted by Crippen LogP contribution is -2.34. The number of piperidine rings is 1. The van der Waals surface area contributed by atoms with Gasteiger partial charge in [0, 0.05) is 12.0 Å². The Hall–Kier alpha value is -1.38. The fraction of sp³-hybridized carbons (Fsp3) is 0.583. The Balaban J connectivity index is 1.75. The molecule has 1 aliphatic heterocycles. The Morgan fingerprint density at radius 3 is 2.50 bits per heavy atom. The van der Waals surface area contributed by atoms with Crippen LogP contribution in [0.2, 0.25) is 0 Å². The van der Waals surface area contributed by atoms with E-state index >= 15 is 0 Å². The van der Waals surface area contributed by atoms with Gasteiger partial charge in [0.25, 0.3) is 0 Å². The molecule has 0 radical (unpaired) electrons. The van der Waals surface area contributed by atoms with Crippen LogP contribution in [0.25, 0.3) is 0 Å². The lowest BCUT2D eigenvalue weighted by atomic mass is 9.62. The molecule has 3 atom stereocenters. The highest BCUT2D eigenvalue weighted by molar-refractivity contribution is 5.29. The fourth-order valence-electron chi connectivity index (χ4n) is 4.91. The molecule has 3 rings (SSSR count). The third-order valence-electron chi connectivity index (χ3n) is 6.71. The van der Waals surface area contributed by atoms with Crippen molar-refractivity contribution in [3.63, 3.8) is 0 Å². The molecule has 0 bridgehead atoms. The molecule has 142 valence electrons. The molecular formula is C24H35NO. The van der Waals surface area contributed by atoms with E-state index in [1.807, 2.05) is 6.08 Å². The highest BCUT2D eigenvalue weighted by atomic mass is 16.3. The van der Waals surface area contributed by atoms with Gasteiger partial charge in [0.2, 0.25) is 0 Å². The minimum absolute atomic E-state index is 0.136. The largest absolute Gasteiger partial charge is 0.395 e. The summed E-state index contributed by atoms with van der Waals surface area (Å²) < 4.78 is 0. The van der Waals surface area contributed by atoms with Crippen molar-refractivity contribution >= 4 is 0 Å². The molecular weight excluding hydrogens is 318 g/mol. The first-order valence-corrected chi connectivity index (χ1v) is 10.3. The van der Waals surface area contributed by atoms with Crippen molar-refractivity contribution in [2.75, 3.05) is 19.7 Å². The number of aliphatic hydroxyl groups is 1. The number of hydrogen-bond acceptors (Lipinski definition) is 2. The summed E-state index contributed by atoms with van der Waals surface area (Å²) in [5.41, 5.74) is 3.93. The van der Waals surface area contributed by atoms with Crippen LogP contribution in [0.5, 0.6) is 0 Å². The number of likely N-dealkylation sites (tertiary alicyclic amines) is 1. The van der Waals surface area contributed by atoms with Crippen LogP contribution in [-0.2, 0) is 6.54 Å². The van der Waals surface area contributed by atoms with E-state index in [0.29, 0.717) is 11.8 Å². The average Bonchev–Trinajstić information content (AvgIpc) is 2.69. The van der Waals surface area contributed by atoms with Gasteiger partial charge in [0.15, 0.2) is 0 Å². The maximum Gasteiger partial charge on any atom is 0.0522 e. The van der Waals surface area contributed by atoms with Crippen LogP contribution in [-0.4, -0.2) is 29.7 Å². The molecule has 1 aromatic carbocycles. The van der Waals surface area contributed by atoms with Crippen LogP contribution in [0.4, 0.5) is 0 Å². The summed E-state index contributed by atoms with van der Waals surface area (Å²) in [6.45, 7) is 14.2. The van der Waals surface area contributed by atoms with Crippen LogP contribution in [0.3, 0.4) is 0 Å².